The summed E-state index contributed by atoms with van der Waals surface area (Å²) in [6.45, 7) is 0.424. The van der Waals surface area contributed by atoms with Crippen LogP contribution in [-0.2, 0) is 11.3 Å². The molecule has 0 bridgehead atoms. The van der Waals surface area contributed by atoms with Crippen molar-refractivity contribution in [3.63, 3.8) is 0 Å². The number of methoxy groups -OCH3 is 1. The zero-order chi connectivity index (χ0) is 23.4. The van der Waals surface area contributed by atoms with Crippen LogP contribution in [0.5, 0.6) is 5.75 Å². The van der Waals surface area contributed by atoms with Gasteiger partial charge in [0.2, 0.25) is 4.77 Å². The van der Waals surface area contributed by atoms with E-state index in [0.717, 1.165) is 33.1 Å². The maximum Gasteiger partial charge on any atom is 0.262 e. The van der Waals surface area contributed by atoms with Gasteiger partial charge in [-0.05, 0) is 42.0 Å². The van der Waals surface area contributed by atoms with Crippen LogP contribution in [0.4, 0.5) is 0 Å². The minimum atomic E-state index is -0.689. The Morgan fingerprint density at radius 2 is 1.62 bits per heavy atom. The Morgan fingerprint density at radius 3 is 2.24 bits per heavy atom. The van der Waals surface area contributed by atoms with Gasteiger partial charge in [0.25, 0.3) is 5.91 Å². The number of amides is 1. The van der Waals surface area contributed by atoms with Crippen molar-refractivity contribution in [3.05, 3.63) is 89.0 Å². The van der Waals surface area contributed by atoms with Crippen molar-refractivity contribution in [2.75, 3.05) is 12.1 Å². The summed E-state index contributed by atoms with van der Waals surface area (Å²) in [4.78, 5) is 13.0. The highest BCUT2D eigenvalue weighted by Crippen LogP contribution is 2.38. The molecule has 1 amide bonds. The van der Waals surface area contributed by atoms with E-state index in [1.807, 2.05) is 48.5 Å². The molecule has 0 spiro atoms. The van der Waals surface area contributed by atoms with Crippen LogP contribution in [0.1, 0.15) is 17.4 Å². The first-order chi connectivity index (χ1) is 16.6. The number of benzene rings is 3. The van der Waals surface area contributed by atoms with Gasteiger partial charge in [-0.25, -0.2) is 9.69 Å². The van der Waals surface area contributed by atoms with Gasteiger partial charge in [-0.15, -0.1) is 11.6 Å². The van der Waals surface area contributed by atoms with Gasteiger partial charge in [0.1, 0.15) is 17.2 Å². The molecule has 0 aliphatic carbocycles. The first-order valence-corrected chi connectivity index (χ1v) is 11.7. The molecule has 170 valence electrons. The lowest BCUT2D eigenvalue weighted by molar-refractivity contribution is -0.126. The number of rotatable bonds is 5. The highest BCUT2D eigenvalue weighted by Gasteiger charge is 2.49. The molecule has 9 heteroatoms. The minimum Gasteiger partial charge on any atom is -0.497 e. The Bertz CT molecular complexity index is 1550. The highest BCUT2D eigenvalue weighted by atomic mass is 35.5. The van der Waals surface area contributed by atoms with E-state index < -0.39 is 5.38 Å². The van der Waals surface area contributed by atoms with Crippen molar-refractivity contribution >= 4 is 51.5 Å². The van der Waals surface area contributed by atoms with E-state index in [4.69, 9.17) is 28.6 Å². The molecular formula is C25H20ClN5O2S. The van der Waals surface area contributed by atoms with Gasteiger partial charge < -0.3 is 9.30 Å². The summed E-state index contributed by atoms with van der Waals surface area (Å²) in [5, 5.41) is 10.6. The molecule has 6 rings (SSSR count). The molecule has 5 aromatic rings. The van der Waals surface area contributed by atoms with Crippen molar-refractivity contribution < 1.29 is 9.53 Å². The molecule has 1 aliphatic heterocycles. The molecular weight excluding hydrogens is 470 g/mol. The van der Waals surface area contributed by atoms with Crippen LogP contribution >= 0.6 is 23.8 Å². The fraction of sp³-hybridized carbons (Fsp3) is 0.160. The predicted octanol–water partition coefficient (Wildman–Crippen LogP) is 4.93. The van der Waals surface area contributed by atoms with E-state index in [1.54, 1.807) is 16.8 Å². The minimum absolute atomic E-state index is 0.219. The lowest BCUT2D eigenvalue weighted by atomic mass is 9.95. The van der Waals surface area contributed by atoms with Gasteiger partial charge in [-0.3, -0.25) is 9.89 Å². The van der Waals surface area contributed by atoms with Crippen LogP contribution in [-0.4, -0.2) is 37.8 Å². The molecule has 7 nitrogen and oxygen atoms in total. The third-order valence-corrected chi connectivity index (χ3v) is 7.06. The SMILES string of the molecule is COc1ccc(C2C(Cl)C(=O)N2n2c(Cn3c4ccccc4c4ccccc43)n[nH]c2=S)cc1. The fourth-order valence-electron chi connectivity index (χ4n) is 4.74. The first kappa shape index (κ1) is 20.9. The smallest absolute Gasteiger partial charge is 0.262 e. The van der Waals surface area contributed by atoms with E-state index in [1.165, 1.54) is 0 Å². The molecule has 1 saturated heterocycles. The van der Waals surface area contributed by atoms with Gasteiger partial charge >= 0.3 is 0 Å². The summed E-state index contributed by atoms with van der Waals surface area (Å²) < 4.78 is 9.47. The quantitative estimate of drug-likeness (QED) is 0.216. The lowest BCUT2D eigenvalue weighted by Gasteiger charge is -2.44. The number of fused-ring (bicyclic) bond motifs is 3. The average molecular weight is 490 g/mol. The van der Waals surface area contributed by atoms with Gasteiger partial charge in [-0.2, -0.15) is 5.10 Å². The third kappa shape index (κ3) is 3.06. The molecule has 1 fully saturated rings. The summed E-state index contributed by atoms with van der Waals surface area (Å²) >= 11 is 12.0. The van der Waals surface area contributed by atoms with Crippen LogP contribution in [0.3, 0.4) is 0 Å². The summed E-state index contributed by atoms with van der Waals surface area (Å²) in [6.07, 6.45) is 0. The van der Waals surface area contributed by atoms with Crippen LogP contribution in [0.15, 0.2) is 72.8 Å². The van der Waals surface area contributed by atoms with Gasteiger partial charge in [0, 0.05) is 21.8 Å². The zero-order valence-corrected chi connectivity index (χ0v) is 19.8. The Balaban J connectivity index is 1.45. The molecule has 0 radical (unpaired) electrons. The molecule has 0 saturated carbocycles. The van der Waals surface area contributed by atoms with E-state index in [-0.39, 0.29) is 11.9 Å². The van der Waals surface area contributed by atoms with E-state index in [9.17, 15) is 4.79 Å². The summed E-state index contributed by atoms with van der Waals surface area (Å²) in [7, 11) is 1.62. The predicted molar refractivity (Wildman–Crippen MR) is 135 cm³/mol. The van der Waals surface area contributed by atoms with E-state index in [2.05, 4.69) is 39.0 Å². The Hall–Kier alpha value is -3.62. The number of nitrogens with one attached hydrogen (secondary N) is 1. The van der Waals surface area contributed by atoms with Crippen molar-refractivity contribution in [1.82, 2.24) is 19.4 Å². The number of carbonyl (C=O) groups excluding carboxylic acids is 1. The number of aromatic amines is 1. The Morgan fingerprint density at radius 1 is 1.00 bits per heavy atom. The third-order valence-electron chi connectivity index (χ3n) is 6.37. The topological polar surface area (TPSA) is 68.1 Å². The number of halogens is 1. The summed E-state index contributed by atoms with van der Waals surface area (Å²) in [5.41, 5.74) is 3.06. The van der Waals surface area contributed by atoms with Crippen molar-refractivity contribution in [1.29, 1.82) is 0 Å². The van der Waals surface area contributed by atoms with Gasteiger partial charge in [0.05, 0.1) is 13.7 Å². The largest absolute Gasteiger partial charge is 0.497 e. The molecule has 2 atom stereocenters. The standard InChI is InChI=1S/C25H20ClN5O2S/c1-33-16-12-10-15(11-13-16)23-22(26)24(32)31(23)30-21(27-28-25(30)34)14-29-19-8-4-2-6-17(19)18-7-3-5-9-20(18)29/h2-13,22-23H,14H2,1H3,(H,28,34). The summed E-state index contributed by atoms with van der Waals surface area (Å²) in [6, 6.07) is 23.7. The number of aromatic nitrogens is 4. The van der Waals surface area contributed by atoms with Crippen LogP contribution in [0.2, 0.25) is 0 Å². The fourth-order valence-corrected chi connectivity index (χ4v) is 5.33. The van der Waals surface area contributed by atoms with Crippen LogP contribution < -0.4 is 9.75 Å². The number of nitrogens with zero attached hydrogens (tertiary/aromatic N) is 4. The molecule has 1 aliphatic rings. The average Bonchev–Trinajstić information content (AvgIpc) is 3.40. The number of hydrogen-bond donors (Lipinski definition) is 1. The number of alkyl halides is 1. The molecule has 2 aromatic heterocycles. The van der Waals surface area contributed by atoms with E-state index in [0.29, 0.717) is 17.1 Å². The number of para-hydroxylation sites is 2. The number of hydrogen-bond acceptors (Lipinski definition) is 4. The van der Waals surface area contributed by atoms with Gasteiger partial charge in [0.15, 0.2) is 5.82 Å². The van der Waals surface area contributed by atoms with Crippen molar-refractivity contribution in [2.24, 2.45) is 0 Å². The molecule has 3 aromatic carbocycles. The summed E-state index contributed by atoms with van der Waals surface area (Å²) in [5.74, 6) is 1.13. The first-order valence-electron chi connectivity index (χ1n) is 10.8. The second-order valence-electron chi connectivity index (χ2n) is 8.18. The highest BCUT2D eigenvalue weighted by molar-refractivity contribution is 7.71. The molecule has 3 heterocycles. The Labute approximate surface area is 205 Å². The molecule has 2 unspecified atom stereocenters. The molecule has 34 heavy (non-hydrogen) atoms. The molecule has 1 N–H and O–H groups in total. The number of β-lactam (4-membered cyclic amide) rings is 1. The van der Waals surface area contributed by atoms with E-state index >= 15 is 0 Å². The van der Waals surface area contributed by atoms with Crippen LogP contribution in [0.25, 0.3) is 21.8 Å². The Kier molecular flexibility index (Phi) is 4.93. The number of H-pyrrole nitrogens is 1. The maximum atomic E-state index is 13.0. The van der Waals surface area contributed by atoms with Crippen molar-refractivity contribution in [2.45, 2.75) is 18.0 Å². The zero-order valence-electron chi connectivity index (χ0n) is 18.2. The second-order valence-corrected chi connectivity index (χ2v) is 9.04. The maximum absolute atomic E-state index is 13.0. The number of carbonyl (C=O) groups is 1. The van der Waals surface area contributed by atoms with Gasteiger partial charge in [-0.1, -0.05) is 48.5 Å². The lowest BCUT2D eigenvalue weighted by Crippen LogP contribution is -2.62. The van der Waals surface area contributed by atoms with Crippen LogP contribution in [0, 0.1) is 4.77 Å². The second kappa shape index (κ2) is 8.00. The van der Waals surface area contributed by atoms with Crippen molar-refractivity contribution in [3.8, 4) is 5.75 Å². The normalized spacial score (nSPS) is 17.9. The monoisotopic (exact) mass is 489 g/mol. The number of ether oxygens (including phenoxy) is 1.